The van der Waals surface area contributed by atoms with Crippen LogP contribution in [0.3, 0.4) is 0 Å². The van der Waals surface area contributed by atoms with E-state index in [0.717, 1.165) is 38.0 Å². The molecule has 1 fully saturated rings. The molecule has 1 aromatic carbocycles. The molecule has 0 spiro atoms. The van der Waals surface area contributed by atoms with E-state index in [-0.39, 0.29) is 11.9 Å². The van der Waals surface area contributed by atoms with Crippen molar-refractivity contribution in [2.45, 2.75) is 25.3 Å². The Hall–Kier alpha value is -0.930. The molecular formula is C13H18FNO. The molecule has 16 heavy (non-hydrogen) atoms. The summed E-state index contributed by atoms with van der Waals surface area (Å²) < 4.78 is 18.3. The number of ether oxygens (including phenoxy) is 1. The van der Waals surface area contributed by atoms with E-state index >= 15 is 0 Å². The highest BCUT2D eigenvalue weighted by molar-refractivity contribution is 5.19. The van der Waals surface area contributed by atoms with E-state index in [9.17, 15) is 4.39 Å². The van der Waals surface area contributed by atoms with E-state index in [1.165, 1.54) is 12.1 Å². The predicted molar refractivity (Wildman–Crippen MR) is 61.5 cm³/mol. The van der Waals surface area contributed by atoms with Crippen molar-refractivity contribution in [3.8, 4) is 0 Å². The second kappa shape index (κ2) is 5.41. The third-order valence-electron chi connectivity index (χ3n) is 3.20. The van der Waals surface area contributed by atoms with Crippen molar-refractivity contribution in [2.24, 2.45) is 11.7 Å². The number of benzene rings is 1. The van der Waals surface area contributed by atoms with E-state index in [1.54, 1.807) is 6.07 Å². The summed E-state index contributed by atoms with van der Waals surface area (Å²) >= 11 is 0. The molecule has 1 atom stereocenters. The van der Waals surface area contributed by atoms with Gasteiger partial charge in [0, 0.05) is 19.3 Å². The van der Waals surface area contributed by atoms with Gasteiger partial charge in [0.05, 0.1) is 0 Å². The van der Waals surface area contributed by atoms with Gasteiger partial charge in [-0.05, 0) is 42.9 Å². The van der Waals surface area contributed by atoms with Crippen LogP contribution < -0.4 is 5.73 Å². The van der Waals surface area contributed by atoms with Crippen LogP contribution in [0, 0.1) is 11.7 Å². The van der Waals surface area contributed by atoms with Gasteiger partial charge in [0.2, 0.25) is 0 Å². The minimum absolute atomic E-state index is 0.0567. The second-order valence-electron chi connectivity index (χ2n) is 4.45. The Bertz CT molecular complexity index is 336. The lowest BCUT2D eigenvalue weighted by Crippen LogP contribution is -2.21. The zero-order chi connectivity index (χ0) is 11.4. The Morgan fingerprint density at radius 1 is 1.38 bits per heavy atom. The summed E-state index contributed by atoms with van der Waals surface area (Å²) in [7, 11) is 0. The maximum atomic E-state index is 13.0. The van der Waals surface area contributed by atoms with Gasteiger partial charge < -0.3 is 10.5 Å². The Morgan fingerprint density at radius 2 is 2.12 bits per heavy atom. The van der Waals surface area contributed by atoms with Crippen LogP contribution in [0.4, 0.5) is 4.39 Å². The third kappa shape index (κ3) is 3.03. The van der Waals surface area contributed by atoms with E-state index in [2.05, 4.69) is 0 Å². The minimum Gasteiger partial charge on any atom is -0.381 e. The average molecular weight is 223 g/mol. The standard InChI is InChI=1S/C13H18FNO/c14-12-3-1-2-11(9-12)13(15)8-10-4-6-16-7-5-10/h1-3,9-10,13H,4-8,15H2/t13-/m1/s1. The molecule has 0 saturated carbocycles. The fourth-order valence-corrected chi connectivity index (χ4v) is 2.21. The lowest BCUT2D eigenvalue weighted by atomic mass is 9.90. The number of hydrogen-bond acceptors (Lipinski definition) is 2. The molecule has 1 aromatic rings. The Kier molecular flexibility index (Phi) is 3.91. The molecule has 3 heteroatoms. The van der Waals surface area contributed by atoms with Gasteiger partial charge in [-0.3, -0.25) is 0 Å². The van der Waals surface area contributed by atoms with Gasteiger partial charge in [0.15, 0.2) is 0 Å². The Balaban J connectivity index is 1.94. The molecule has 0 radical (unpaired) electrons. The molecule has 88 valence electrons. The largest absolute Gasteiger partial charge is 0.381 e. The molecule has 1 aliphatic rings. The van der Waals surface area contributed by atoms with Gasteiger partial charge in [-0.15, -0.1) is 0 Å². The normalized spacial score (nSPS) is 19.6. The summed E-state index contributed by atoms with van der Waals surface area (Å²) in [5.74, 6) is 0.409. The molecule has 1 saturated heterocycles. The van der Waals surface area contributed by atoms with Crippen molar-refractivity contribution in [3.05, 3.63) is 35.6 Å². The first-order valence-electron chi connectivity index (χ1n) is 5.84. The highest BCUT2D eigenvalue weighted by Crippen LogP contribution is 2.26. The lowest BCUT2D eigenvalue weighted by Gasteiger charge is -2.24. The molecule has 0 aliphatic carbocycles. The highest BCUT2D eigenvalue weighted by atomic mass is 19.1. The zero-order valence-corrected chi connectivity index (χ0v) is 9.36. The average Bonchev–Trinajstić information content (AvgIpc) is 2.30. The van der Waals surface area contributed by atoms with Crippen molar-refractivity contribution < 1.29 is 9.13 Å². The Labute approximate surface area is 95.6 Å². The van der Waals surface area contributed by atoms with Crippen molar-refractivity contribution in [3.63, 3.8) is 0 Å². The van der Waals surface area contributed by atoms with E-state index < -0.39 is 0 Å². The van der Waals surface area contributed by atoms with Crippen molar-refractivity contribution in [2.75, 3.05) is 13.2 Å². The van der Waals surface area contributed by atoms with Gasteiger partial charge in [-0.2, -0.15) is 0 Å². The molecular weight excluding hydrogens is 205 g/mol. The summed E-state index contributed by atoms with van der Waals surface area (Å²) in [5.41, 5.74) is 6.98. The van der Waals surface area contributed by atoms with Gasteiger partial charge in [-0.1, -0.05) is 12.1 Å². The number of nitrogens with two attached hydrogens (primary N) is 1. The van der Waals surface area contributed by atoms with Crippen LogP contribution in [-0.2, 0) is 4.74 Å². The maximum Gasteiger partial charge on any atom is 0.123 e. The molecule has 0 bridgehead atoms. The van der Waals surface area contributed by atoms with Crippen molar-refractivity contribution in [1.29, 1.82) is 0 Å². The molecule has 0 amide bonds. The fourth-order valence-electron chi connectivity index (χ4n) is 2.21. The Morgan fingerprint density at radius 3 is 2.81 bits per heavy atom. The van der Waals surface area contributed by atoms with Crippen molar-refractivity contribution >= 4 is 0 Å². The number of halogens is 1. The molecule has 2 rings (SSSR count). The van der Waals surface area contributed by atoms with Gasteiger partial charge in [-0.25, -0.2) is 4.39 Å². The topological polar surface area (TPSA) is 35.2 Å². The number of rotatable bonds is 3. The van der Waals surface area contributed by atoms with Gasteiger partial charge in [0.1, 0.15) is 5.82 Å². The van der Waals surface area contributed by atoms with Crippen LogP contribution in [-0.4, -0.2) is 13.2 Å². The molecule has 1 heterocycles. The van der Waals surface area contributed by atoms with E-state index in [4.69, 9.17) is 10.5 Å². The summed E-state index contributed by atoms with van der Waals surface area (Å²) in [6.45, 7) is 1.67. The quantitative estimate of drug-likeness (QED) is 0.855. The summed E-state index contributed by atoms with van der Waals surface area (Å²) in [4.78, 5) is 0. The van der Waals surface area contributed by atoms with E-state index in [1.807, 2.05) is 6.07 Å². The first kappa shape index (κ1) is 11.6. The first-order valence-corrected chi connectivity index (χ1v) is 5.84. The van der Waals surface area contributed by atoms with Crippen LogP contribution in [0.2, 0.25) is 0 Å². The number of hydrogen-bond donors (Lipinski definition) is 1. The predicted octanol–water partition coefficient (Wildman–Crippen LogP) is 2.64. The molecule has 2 N–H and O–H groups in total. The van der Waals surface area contributed by atoms with Crippen LogP contribution >= 0.6 is 0 Å². The van der Waals surface area contributed by atoms with Crippen molar-refractivity contribution in [1.82, 2.24) is 0 Å². The molecule has 0 unspecified atom stereocenters. The van der Waals surface area contributed by atoms with Crippen LogP contribution in [0.5, 0.6) is 0 Å². The van der Waals surface area contributed by atoms with Crippen LogP contribution in [0.15, 0.2) is 24.3 Å². The first-order chi connectivity index (χ1) is 7.75. The molecule has 0 aromatic heterocycles. The van der Waals surface area contributed by atoms with Gasteiger partial charge >= 0.3 is 0 Å². The molecule has 1 aliphatic heterocycles. The maximum absolute atomic E-state index is 13.0. The summed E-state index contributed by atoms with van der Waals surface area (Å²) in [5, 5.41) is 0. The van der Waals surface area contributed by atoms with Crippen LogP contribution in [0.1, 0.15) is 30.9 Å². The lowest BCUT2D eigenvalue weighted by molar-refractivity contribution is 0.0618. The monoisotopic (exact) mass is 223 g/mol. The summed E-state index contributed by atoms with van der Waals surface area (Å²) in [6, 6.07) is 6.54. The third-order valence-corrected chi connectivity index (χ3v) is 3.20. The zero-order valence-electron chi connectivity index (χ0n) is 9.36. The minimum atomic E-state index is -0.208. The summed E-state index contributed by atoms with van der Waals surface area (Å²) in [6.07, 6.45) is 3.07. The molecule has 2 nitrogen and oxygen atoms in total. The smallest absolute Gasteiger partial charge is 0.123 e. The van der Waals surface area contributed by atoms with Gasteiger partial charge in [0.25, 0.3) is 0 Å². The van der Waals surface area contributed by atoms with E-state index in [0.29, 0.717) is 5.92 Å². The fraction of sp³-hybridized carbons (Fsp3) is 0.538. The second-order valence-corrected chi connectivity index (χ2v) is 4.45. The highest BCUT2D eigenvalue weighted by Gasteiger charge is 2.18. The van der Waals surface area contributed by atoms with Crippen LogP contribution in [0.25, 0.3) is 0 Å². The SMILES string of the molecule is N[C@H](CC1CCOCC1)c1cccc(F)c1.